The normalized spacial score (nSPS) is 11.9. The molecule has 0 N–H and O–H groups in total. The van der Waals surface area contributed by atoms with Crippen LogP contribution in [0.4, 0.5) is 0 Å². The molecule has 0 fully saturated rings. The third-order valence-electron chi connectivity index (χ3n) is 13.4. The van der Waals surface area contributed by atoms with E-state index in [0.717, 1.165) is 0 Å². The first-order valence-electron chi connectivity index (χ1n) is 26.3. The fourth-order valence-corrected chi connectivity index (χ4v) is 14.9. The molecule has 0 atom stereocenters. The van der Waals surface area contributed by atoms with Gasteiger partial charge < -0.3 is 0 Å². The van der Waals surface area contributed by atoms with Gasteiger partial charge in [-0.3, -0.25) is 0 Å². The van der Waals surface area contributed by atoms with Gasteiger partial charge in [-0.1, -0.05) is 344 Å². The zero-order valence-electron chi connectivity index (χ0n) is 38.7. The van der Waals surface area contributed by atoms with Crippen LogP contribution in [-0.4, -0.2) is 8.07 Å². The summed E-state index contributed by atoms with van der Waals surface area (Å²) in [7, 11) is -1.48. The van der Waals surface area contributed by atoms with Crippen LogP contribution in [0.25, 0.3) is 0 Å². The fraction of sp³-hybridized carbons (Fsp3) is 0.889. The van der Waals surface area contributed by atoms with E-state index in [-0.39, 0.29) is 0 Å². The number of benzene rings is 1. The molecule has 1 aromatic carbocycles. The third kappa shape index (κ3) is 34.1. The van der Waals surface area contributed by atoms with Crippen LogP contribution in [0.5, 0.6) is 0 Å². The Morgan fingerprint density at radius 1 is 0.236 bits per heavy atom. The summed E-state index contributed by atoms with van der Waals surface area (Å²) in [6, 6.07) is 16.8. The molecule has 0 saturated carbocycles. The molecule has 0 aliphatic heterocycles. The lowest BCUT2D eigenvalue weighted by molar-refractivity contribution is 0.535. The van der Waals surface area contributed by atoms with E-state index >= 15 is 0 Å². The molecule has 0 unspecified atom stereocenters. The first-order chi connectivity index (χ1) is 27.3. The van der Waals surface area contributed by atoms with Crippen molar-refractivity contribution >= 4 is 13.3 Å². The van der Waals surface area contributed by atoms with E-state index in [2.05, 4.69) is 51.1 Å². The molecule has 0 amide bonds. The summed E-state index contributed by atoms with van der Waals surface area (Å²) in [5.74, 6) is 0. The Morgan fingerprint density at radius 2 is 0.418 bits per heavy atom. The monoisotopic (exact) mass is 781 g/mol. The standard InChI is InChI=1S/C54H104Si/c1-4-7-10-13-16-19-22-25-28-31-34-37-40-46-51-55(54-49-44-43-45-50-54,52-47-41-38-35-32-29-26-23-20-17-14-11-8-5-2)53-48-42-39-36-33-30-27-24-21-18-15-12-9-6-3/h43-45,49-50H,4-42,46-48,51-53H2,1-3H3. The van der Waals surface area contributed by atoms with Crippen LogP contribution in [0.2, 0.25) is 18.1 Å². The van der Waals surface area contributed by atoms with E-state index < -0.39 is 8.07 Å². The maximum Gasteiger partial charge on any atom is 0.0867 e. The molecular formula is C54H104Si. The number of hydrogen-bond acceptors (Lipinski definition) is 0. The second kappa shape index (κ2) is 43.0. The predicted molar refractivity (Wildman–Crippen MR) is 257 cm³/mol. The Hall–Kier alpha value is -0.563. The van der Waals surface area contributed by atoms with Crippen LogP contribution in [0.15, 0.2) is 30.3 Å². The highest BCUT2D eigenvalue weighted by atomic mass is 28.3. The second-order valence-corrected chi connectivity index (χ2v) is 23.3. The molecule has 0 aliphatic rings. The van der Waals surface area contributed by atoms with Crippen LogP contribution >= 0.6 is 0 Å². The lowest BCUT2D eigenvalue weighted by atomic mass is 10.0. The van der Waals surface area contributed by atoms with E-state index in [9.17, 15) is 0 Å². The predicted octanol–water partition coefficient (Wildman–Crippen LogP) is 19.8. The van der Waals surface area contributed by atoms with Gasteiger partial charge >= 0.3 is 0 Å². The molecule has 324 valence electrons. The highest BCUT2D eigenvalue weighted by molar-refractivity contribution is 6.91. The summed E-state index contributed by atoms with van der Waals surface area (Å²) in [6.45, 7) is 6.97. The van der Waals surface area contributed by atoms with Crippen LogP contribution in [-0.2, 0) is 0 Å². The summed E-state index contributed by atoms with van der Waals surface area (Å²) in [5.41, 5.74) is 0. The van der Waals surface area contributed by atoms with Crippen molar-refractivity contribution in [1.82, 2.24) is 0 Å². The molecule has 0 spiro atoms. The topological polar surface area (TPSA) is 0 Å². The average molecular weight is 782 g/mol. The van der Waals surface area contributed by atoms with Crippen molar-refractivity contribution in [1.29, 1.82) is 0 Å². The van der Waals surface area contributed by atoms with Gasteiger partial charge in [-0.05, 0) is 0 Å². The fourth-order valence-electron chi connectivity index (χ4n) is 9.57. The van der Waals surface area contributed by atoms with Gasteiger partial charge in [-0.15, -0.1) is 0 Å². The minimum atomic E-state index is -1.48. The van der Waals surface area contributed by atoms with Gasteiger partial charge in [0.2, 0.25) is 0 Å². The molecule has 0 radical (unpaired) electrons. The van der Waals surface area contributed by atoms with Gasteiger partial charge in [0.05, 0.1) is 8.07 Å². The van der Waals surface area contributed by atoms with E-state index in [0.29, 0.717) is 0 Å². The summed E-state index contributed by atoms with van der Waals surface area (Å²) in [5, 5.41) is 1.81. The van der Waals surface area contributed by atoms with Crippen LogP contribution < -0.4 is 5.19 Å². The van der Waals surface area contributed by atoms with Crippen molar-refractivity contribution in [2.45, 2.75) is 309 Å². The Morgan fingerprint density at radius 3 is 0.618 bits per heavy atom. The van der Waals surface area contributed by atoms with Crippen molar-refractivity contribution in [2.75, 3.05) is 0 Å². The zero-order chi connectivity index (χ0) is 39.4. The van der Waals surface area contributed by atoms with Crippen molar-refractivity contribution in [3.05, 3.63) is 30.3 Å². The number of hydrogen-bond donors (Lipinski definition) is 0. The van der Waals surface area contributed by atoms with E-state index in [1.165, 1.54) is 270 Å². The van der Waals surface area contributed by atoms with Crippen molar-refractivity contribution in [3.8, 4) is 0 Å². The minimum absolute atomic E-state index is 1.37. The highest BCUT2D eigenvalue weighted by Crippen LogP contribution is 2.30. The lowest BCUT2D eigenvalue weighted by Gasteiger charge is -2.33. The average Bonchev–Trinajstić information content (AvgIpc) is 3.21. The Balaban J connectivity index is 2.46. The largest absolute Gasteiger partial charge is 0.0867 e. The van der Waals surface area contributed by atoms with Crippen molar-refractivity contribution in [3.63, 3.8) is 0 Å². The van der Waals surface area contributed by atoms with Gasteiger partial charge in [-0.2, -0.15) is 0 Å². The smallest absolute Gasteiger partial charge is 0.0654 e. The Kier molecular flexibility index (Phi) is 41.0. The van der Waals surface area contributed by atoms with E-state index in [1.54, 1.807) is 18.1 Å². The van der Waals surface area contributed by atoms with E-state index in [1.807, 2.05) is 5.19 Å². The molecule has 1 heteroatoms. The third-order valence-corrected chi connectivity index (χ3v) is 18.9. The van der Waals surface area contributed by atoms with Gasteiger partial charge in [-0.25, -0.2) is 0 Å². The van der Waals surface area contributed by atoms with E-state index in [4.69, 9.17) is 0 Å². The number of rotatable bonds is 46. The van der Waals surface area contributed by atoms with Crippen LogP contribution in [0, 0.1) is 0 Å². The molecule has 1 rings (SSSR count). The summed E-state index contributed by atoms with van der Waals surface area (Å²) >= 11 is 0. The lowest BCUT2D eigenvalue weighted by Crippen LogP contribution is -2.47. The van der Waals surface area contributed by atoms with Crippen LogP contribution in [0.1, 0.15) is 290 Å². The molecule has 0 aliphatic carbocycles. The summed E-state index contributed by atoms with van der Waals surface area (Å²) in [4.78, 5) is 0. The van der Waals surface area contributed by atoms with Gasteiger partial charge in [0.15, 0.2) is 0 Å². The molecule has 0 bridgehead atoms. The molecule has 0 heterocycles. The molecule has 1 aromatic rings. The zero-order valence-corrected chi connectivity index (χ0v) is 39.7. The number of unbranched alkanes of at least 4 members (excludes halogenated alkanes) is 39. The SMILES string of the molecule is CCCCCCCCCCCCCCCC[Si](CCCCCCCCCCCCCCCC)(CCCCCCCCCCCCCCCC)c1ccccc1. The molecule has 0 saturated heterocycles. The first-order valence-corrected chi connectivity index (χ1v) is 29.0. The second-order valence-electron chi connectivity index (χ2n) is 18.7. The maximum atomic E-state index is 2.57. The minimum Gasteiger partial charge on any atom is -0.0654 e. The maximum absolute atomic E-state index is 2.57. The first kappa shape index (κ1) is 52.5. The van der Waals surface area contributed by atoms with Gasteiger partial charge in [0, 0.05) is 0 Å². The summed E-state index contributed by atoms with van der Waals surface area (Å²) in [6.07, 6.45) is 61.7. The van der Waals surface area contributed by atoms with Gasteiger partial charge in [0.1, 0.15) is 0 Å². The Bertz CT molecular complexity index is 752. The van der Waals surface area contributed by atoms with Crippen molar-refractivity contribution < 1.29 is 0 Å². The molecule has 0 nitrogen and oxygen atoms in total. The quantitative estimate of drug-likeness (QED) is 0.0457. The van der Waals surface area contributed by atoms with Crippen molar-refractivity contribution in [2.24, 2.45) is 0 Å². The Labute approximate surface area is 350 Å². The van der Waals surface area contributed by atoms with Gasteiger partial charge in [0.25, 0.3) is 0 Å². The van der Waals surface area contributed by atoms with Crippen LogP contribution in [0.3, 0.4) is 0 Å². The molecule has 0 aromatic heterocycles. The molecular weight excluding hydrogens is 677 g/mol. The molecule has 55 heavy (non-hydrogen) atoms. The highest BCUT2D eigenvalue weighted by Gasteiger charge is 2.33. The summed E-state index contributed by atoms with van der Waals surface area (Å²) < 4.78 is 0.